The predicted octanol–water partition coefficient (Wildman–Crippen LogP) is 3.12. The van der Waals surface area contributed by atoms with Crippen LogP contribution in [0.2, 0.25) is 0 Å². The molecule has 0 aromatic rings. The van der Waals surface area contributed by atoms with E-state index >= 15 is 0 Å². The Kier molecular flexibility index (Phi) is 6.33. The molecule has 17 atom stereocenters. The van der Waals surface area contributed by atoms with Crippen molar-refractivity contribution in [2.75, 3.05) is 6.61 Å². The van der Waals surface area contributed by atoms with Gasteiger partial charge in [0, 0.05) is 11.3 Å². The van der Waals surface area contributed by atoms with Gasteiger partial charge in [-0.1, -0.05) is 34.6 Å². The van der Waals surface area contributed by atoms with Gasteiger partial charge in [0.05, 0.1) is 24.4 Å². The minimum atomic E-state index is -1.28. The first-order valence-electron chi connectivity index (χ1n) is 17.5. The van der Waals surface area contributed by atoms with Gasteiger partial charge in [-0.25, -0.2) is 0 Å². The number of fused-ring (bicyclic) bond motifs is 4. The van der Waals surface area contributed by atoms with E-state index in [-0.39, 0.29) is 51.8 Å². The van der Waals surface area contributed by atoms with E-state index in [0.29, 0.717) is 17.8 Å². The zero-order chi connectivity index (χ0) is 31.6. The lowest BCUT2D eigenvalue weighted by molar-refractivity contribution is -0.303. The zero-order valence-electron chi connectivity index (χ0n) is 27.7. The smallest absolute Gasteiger partial charge is 0.199 e. The lowest BCUT2D eigenvalue weighted by atomic mass is 9.41. The van der Waals surface area contributed by atoms with E-state index in [1.54, 1.807) is 13.8 Å². The third-order valence-corrected chi connectivity index (χ3v) is 15.9. The van der Waals surface area contributed by atoms with Crippen molar-refractivity contribution >= 4 is 0 Å². The molecule has 5 aliphatic carbocycles. The Hall–Kier alpha value is -0.360. The summed E-state index contributed by atoms with van der Waals surface area (Å²) in [6.45, 7) is 15.2. The van der Waals surface area contributed by atoms with Gasteiger partial charge in [-0.15, -0.1) is 0 Å². The molecule has 2 bridgehead atoms. The van der Waals surface area contributed by atoms with E-state index in [1.165, 1.54) is 6.42 Å². The number of rotatable bonds is 3. The highest BCUT2D eigenvalue weighted by atomic mass is 16.8. The molecule has 250 valence electrons. The van der Waals surface area contributed by atoms with Crippen LogP contribution in [0.5, 0.6) is 0 Å². The highest BCUT2D eigenvalue weighted by molar-refractivity contribution is 5.34. The Morgan fingerprint density at radius 3 is 2.23 bits per heavy atom. The monoisotopic (exact) mass is 620 g/mol. The first-order valence-corrected chi connectivity index (χ1v) is 17.5. The summed E-state index contributed by atoms with van der Waals surface area (Å²) in [6.07, 6.45) is 2.00. The molecule has 0 aromatic carbocycles. The standard InChI is InChI=1S/C35H56O9/c1-17-14-19-26(30(4,5)40)44-35(43-19)25(17)31(6)12-13-34-16-33(34)11-10-22(42-27-24(38)23(37)18(36)15-41-27)29(2,3)20(33)8-9-21(34)32(31,7)28(35)39/h17-28,36-40H,8-16H2,1-7H3/t17-,18+,19-,20+,21+,22+,23+,24-,25?,26+,27+,28-,31-,32-,33-,34+,35?/m1/s1. The summed E-state index contributed by atoms with van der Waals surface area (Å²) < 4.78 is 25.8. The average Bonchev–Trinajstić information content (AvgIpc) is 3.45. The Balaban J connectivity index is 1.10. The van der Waals surface area contributed by atoms with Gasteiger partial charge in [0.1, 0.15) is 30.5 Å². The van der Waals surface area contributed by atoms with Crippen molar-refractivity contribution in [1.82, 2.24) is 0 Å². The second-order valence-electron chi connectivity index (χ2n) is 18.3. The summed E-state index contributed by atoms with van der Waals surface area (Å²) in [5.74, 6) is 0.108. The van der Waals surface area contributed by atoms with Crippen molar-refractivity contribution in [3.05, 3.63) is 0 Å². The second kappa shape index (κ2) is 9.00. The van der Waals surface area contributed by atoms with Crippen LogP contribution in [0, 0.1) is 50.7 Å². The molecule has 0 amide bonds. The molecular weight excluding hydrogens is 564 g/mol. The van der Waals surface area contributed by atoms with Crippen molar-refractivity contribution < 1.29 is 44.5 Å². The normalized spacial score (nSPS) is 62.2. The SMILES string of the molecule is C[C@@H]1C[C@H]2OC3(O[C@@H]2C(C)(C)O)C1[C@@]1(C)CC[C@@]24C[C@@]25CC[C@H](O[C@@H]2OC[C@H](O)[C@H](O)[C@H]2O)C(C)(C)[C@@H]5CC[C@H]4[C@]1(C)[C@H]3O. The summed E-state index contributed by atoms with van der Waals surface area (Å²) in [6, 6.07) is 0. The molecule has 9 heteroatoms. The van der Waals surface area contributed by atoms with Gasteiger partial charge < -0.3 is 44.5 Å². The van der Waals surface area contributed by atoms with Gasteiger partial charge in [0.15, 0.2) is 12.1 Å². The molecule has 3 spiro atoms. The first kappa shape index (κ1) is 30.9. The van der Waals surface area contributed by atoms with Gasteiger partial charge in [-0.2, -0.15) is 0 Å². The summed E-state index contributed by atoms with van der Waals surface area (Å²) in [7, 11) is 0. The van der Waals surface area contributed by atoms with Crippen LogP contribution < -0.4 is 0 Å². The fourth-order valence-corrected chi connectivity index (χ4v) is 14.0. The lowest BCUT2D eigenvalue weighted by Crippen LogP contribution is -2.61. The summed E-state index contributed by atoms with van der Waals surface area (Å²) in [5.41, 5.74) is -1.39. The van der Waals surface area contributed by atoms with E-state index in [9.17, 15) is 25.5 Å². The molecule has 5 saturated carbocycles. The first-order chi connectivity index (χ1) is 20.4. The molecule has 5 N–H and O–H groups in total. The highest BCUT2D eigenvalue weighted by Gasteiger charge is 2.88. The minimum Gasteiger partial charge on any atom is -0.388 e. The quantitative estimate of drug-likeness (QED) is 0.301. The Morgan fingerprint density at radius 1 is 0.841 bits per heavy atom. The molecule has 9 nitrogen and oxygen atoms in total. The van der Waals surface area contributed by atoms with Crippen LogP contribution in [0.4, 0.5) is 0 Å². The minimum absolute atomic E-state index is 0.0559. The van der Waals surface area contributed by atoms with Crippen molar-refractivity contribution in [2.24, 2.45) is 50.7 Å². The van der Waals surface area contributed by atoms with Crippen LogP contribution >= 0.6 is 0 Å². The third-order valence-electron chi connectivity index (χ3n) is 15.9. The molecule has 8 rings (SSSR count). The van der Waals surface area contributed by atoms with Crippen LogP contribution in [0.1, 0.15) is 99.8 Å². The Labute approximate surface area is 262 Å². The van der Waals surface area contributed by atoms with Gasteiger partial charge in [-0.3, -0.25) is 0 Å². The van der Waals surface area contributed by atoms with Gasteiger partial charge >= 0.3 is 0 Å². The number of hydrogen-bond acceptors (Lipinski definition) is 9. The maximum atomic E-state index is 12.7. The Bertz CT molecular complexity index is 1200. The lowest BCUT2D eigenvalue weighted by Gasteiger charge is -2.63. The molecule has 2 unspecified atom stereocenters. The van der Waals surface area contributed by atoms with E-state index in [0.717, 1.165) is 44.9 Å². The van der Waals surface area contributed by atoms with Crippen molar-refractivity contribution in [2.45, 2.75) is 160 Å². The number of hydrogen-bond donors (Lipinski definition) is 5. The van der Waals surface area contributed by atoms with Crippen LogP contribution in [-0.4, -0.2) is 92.5 Å². The average molecular weight is 621 g/mol. The number of aliphatic hydroxyl groups excluding tert-OH is 4. The second-order valence-corrected chi connectivity index (χ2v) is 18.3. The maximum absolute atomic E-state index is 12.7. The molecule has 0 aromatic heterocycles. The molecule has 3 heterocycles. The van der Waals surface area contributed by atoms with Crippen molar-refractivity contribution in [3.63, 3.8) is 0 Å². The molecule has 44 heavy (non-hydrogen) atoms. The van der Waals surface area contributed by atoms with Crippen molar-refractivity contribution in [3.8, 4) is 0 Å². The molecule has 8 fully saturated rings. The number of ether oxygens (including phenoxy) is 4. The van der Waals surface area contributed by atoms with E-state index in [4.69, 9.17) is 18.9 Å². The summed E-state index contributed by atoms with van der Waals surface area (Å²) in [4.78, 5) is 0. The largest absolute Gasteiger partial charge is 0.388 e. The van der Waals surface area contributed by atoms with Crippen LogP contribution in [0.15, 0.2) is 0 Å². The fraction of sp³-hybridized carbons (Fsp3) is 1.00. The fourth-order valence-electron chi connectivity index (χ4n) is 14.0. The van der Waals surface area contributed by atoms with E-state index in [2.05, 4.69) is 34.6 Å². The van der Waals surface area contributed by atoms with E-state index in [1.807, 2.05) is 0 Å². The van der Waals surface area contributed by atoms with Gasteiger partial charge in [0.25, 0.3) is 0 Å². The summed E-state index contributed by atoms with van der Waals surface area (Å²) in [5, 5.41) is 54.5. The molecule has 0 radical (unpaired) electrons. The van der Waals surface area contributed by atoms with Crippen LogP contribution in [0.3, 0.4) is 0 Å². The van der Waals surface area contributed by atoms with Crippen molar-refractivity contribution in [1.29, 1.82) is 0 Å². The highest BCUT2D eigenvalue weighted by Crippen LogP contribution is 2.90. The molecule has 3 saturated heterocycles. The van der Waals surface area contributed by atoms with Gasteiger partial charge in [0.2, 0.25) is 0 Å². The topological polar surface area (TPSA) is 138 Å². The molecular formula is C35H56O9. The van der Waals surface area contributed by atoms with Crippen LogP contribution in [0.25, 0.3) is 0 Å². The summed E-state index contributed by atoms with van der Waals surface area (Å²) >= 11 is 0. The zero-order valence-corrected chi connectivity index (χ0v) is 27.7. The maximum Gasteiger partial charge on any atom is 0.199 e. The molecule has 3 aliphatic heterocycles. The van der Waals surface area contributed by atoms with Gasteiger partial charge in [-0.05, 0) is 105 Å². The van der Waals surface area contributed by atoms with Crippen LogP contribution in [-0.2, 0) is 18.9 Å². The van der Waals surface area contributed by atoms with E-state index < -0.39 is 48.2 Å². The Morgan fingerprint density at radius 2 is 1.52 bits per heavy atom. The predicted molar refractivity (Wildman–Crippen MR) is 159 cm³/mol. The number of aliphatic hydroxyl groups is 5. The molecule has 8 aliphatic rings. The third kappa shape index (κ3) is 3.38.